The number of hydrogen-bond donors (Lipinski definition) is 1. The minimum absolute atomic E-state index is 0.102. The fourth-order valence-corrected chi connectivity index (χ4v) is 5.02. The van der Waals surface area contributed by atoms with Gasteiger partial charge in [0.1, 0.15) is 10.7 Å². The van der Waals surface area contributed by atoms with Gasteiger partial charge in [0, 0.05) is 11.6 Å². The summed E-state index contributed by atoms with van der Waals surface area (Å²) in [6.45, 7) is 3.23. The molecule has 0 saturated carbocycles. The Morgan fingerprint density at radius 1 is 1.23 bits per heavy atom. The zero-order chi connectivity index (χ0) is 20.5. The monoisotopic (exact) mass is 418 g/mol. The average molecular weight is 419 g/mol. The van der Waals surface area contributed by atoms with Gasteiger partial charge in [-0.1, -0.05) is 47.1 Å². The smallest absolute Gasteiger partial charge is 0.240 e. The Morgan fingerprint density at radius 3 is 2.90 bits per heavy atom. The van der Waals surface area contributed by atoms with E-state index in [4.69, 9.17) is 9.51 Å². The molecule has 1 aliphatic rings. The third-order valence-corrected chi connectivity index (χ3v) is 6.56. The molecular formula is C23H22N4O2S. The maximum Gasteiger partial charge on any atom is 0.240 e. The Bertz CT molecular complexity index is 1150. The lowest BCUT2D eigenvalue weighted by molar-refractivity contribution is -0.117. The summed E-state index contributed by atoms with van der Waals surface area (Å²) in [5.41, 5.74) is 3.88. The molecule has 1 saturated heterocycles. The molecule has 0 aliphatic carbocycles. The van der Waals surface area contributed by atoms with Crippen LogP contribution in [-0.4, -0.2) is 34.0 Å². The molecule has 2 aromatic carbocycles. The number of hydrogen-bond acceptors (Lipinski definition) is 6. The first-order valence-electron chi connectivity index (χ1n) is 10.1. The van der Waals surface area contributed by atoms with E-state index in [0.717, 1.165) is 35.5 Å². The Kier molecular flexibility index (Phi) is 5.06. The van der Waals surface area contributed by atoms with Gasteiger partial charge in [0.25, 0.3) is 0 Å². The Balaban J connectivity index is 1.25. The van der Waals surface area contributed by atoms with Gasteiger partial charge in [-0.25, -0.2) is 4.98 Å². The number of nitrogens with zero attached hydrogens (tertiary/aromatic N) is 3. The van der Waals surface area contributed by atoms with E-state index in [2.05, 4.69) is 21.4 Å². The standard InChI is InChI=1S/C23H22N4O2S/c1-15-8-10-16(11-9-15)18-13-22(29-26-18)25-21(28)14-27-12-4-6-19(27)23-24-17-5-2-3-7-20(17)30-23/h2-3,5,7-11,13,19H,4,6,12,14H2,1H3,(H,25,28)/t19-/m0/s1. The Hall–Kier alpha value is -3.03. The van der Waals surface area contributed by atoms with Crippen LogP contribution in [0, 0.1) is 6.92 Å². The van der Waals surface area contributed by atoms with Crippen LogP contribution in [0.25, 0.3) is 21.5 Å². The lowest BCUT2D eigenvalue weighted by atomic mass is 10.1. The zero-order valence-electron chi connectivity index (χ0n) is 16.7. The van der Waals surface area contributed by atoms with E-state index >= 15 is 0 Å². The van der Waals surface area contributed by atoms with Crippen molar-refractivity contribution in [3.05, 3.63) is 65.2 Å². The maximum atomic E-state index is 12.7. The number of aryl methyl sites for hydroxylation is 1. The highest BCUT2D eigenvalue weighted by Gasteiger charge is 2.30. The molecule has 1 aliphatic heterocycles. The van der Waals surface area contributed by atoms with Gasteiger partial charge < -0.3 is 4.52 Å². The van der Waals surface area contributed by atoms with Crippen LogP contribution in [-0.2, 0) is 4.79 Å². The molecule has 6 nitrogen and oxygen atoms in total. The fraction of sp³-hybridized carbons (Fsp3) is 0.261. The van der Waals surface area contributed by atoms with Crippen molar-refractivity contribution in [1.29, 1.82) is 0 Å². The van der Waals surface area contributed by atoms with Crippen LogP contribution in [0.3, 0.4) is 0 Å². The molecule has 7 heteroatoms. The van der Waals surface area contributed by atoms with Crippen molar-refractivity contribution in [3.8, 4) is 11.3 Å². The van der Waals surface area contributed by atoms with Crippen LogP contribution in [0.4, 0.5) is 5.88 Å². The molecule has 0 spiro atoms. The predicted octanol–water partition coefficient (Wildman–Crippen LogP) is 5.04. The van der Waals surface area contributed by atoms with Gasteiger partial charge in [-0.05, 0) is 38.4 Å². The lowest BCUT2D eigenvalue weighted by Gasteiger charge is -2.21. The molecule has 1 atom stereocenters. The van der Waals surface area contributed by atoms with Crippen molar-refractivity contribution in [2.24, 2.45) is 0 Å². The summed E-state index contributed by atoms with van der Waals surface area (Å²) in [4.78, 5) is 19.6. The van der Waals surface area contributed by atoms with E-state index in [1.54, 1.807) is 17.4 Å². The molecule has 0 unspecified atom stereocenters. The number of likely N-dealkylation sites (tertiary alicyclic amines) is 1. The second-order valence-corrected chi connectivity index (χ2v) is 8.70. The number of aromatic nitrogens is 2. The highest BCUT2D eigenvalue weighted by molar-refractivity contribution is 7.18. The van der Waals surface area contributed by atoms with E-state index in [1.807, 2.05) is 49.4 Å². The minimum Gasteiger partial charge on any atom is -0.338 e. The quantitative estimate of drug-likeness (QED) is 0.492. The fourth-order valence-electron chi connectivity index (χ4n) is 3.88. The Morgan fingerprint density at radius 2 is 2.07 bits per heavy atom. The van der Waals surface area contributed by atoms with Crippen LogP contribution >= 0.6 is 11.3 Å². The summed E-state index contributed by atoms with van der Waals surface area (Å²) in [7, 11) is 0. The van der Waals surface area contributed by atoms with E-state index in [1.165, 1.54) is 10.3 Å². The van der Waals surface area contributed by atoms with Crippen LogP contribution in [0.15, 0.2) is 59.1 Å². The third kappa shape index (κ3) is 3.86. The molecule has 4 aromatic rings. The normalized spacial score (nSPS) is 16.9. The number of rotatable bonds is 5. The predicted molar refractivity (Wildman–Crippen MR) is 118 cm³/mol. The topological polar surface area (TPSA) is 71.3 Å². The molecule has 5 rings (SSSR count). The molecule has 3 heterocycles. The number of thiazole rings is 1. The number of fused-ring (bicyclic) bond motifs is 1. The van der Waals surface area contributed by atoms with Crippen LogP contribution in [0.2, 0.25) is 0 Å². The number of para-hydroxylation sites is 1. The summed E-state index contributed by atoms with van der Waals surface area (Å²) in [6, 6.07) is 18.2. The zero-order valence-corrected chi connectivity index (χ0v) is 17.5. The summed E-state index contributed by atoms with van der Waals surface area (Å²) in [5, 5.41) is 8.00. The van der Waals surface area contributed by atoms with E-state index in [9.17, 15) is 4.79 Å². The molecule has 0 radical (unpaired) electrons. The van der Waals surface area contributed by atoms with E-state index in [0.29, 0.717) is 18.1 Å². The first kappa shape index (κ1) is 19.0. The number of carbonyl (C=O) groups is 1. The molecule has 0 bridgehead atoms. The SMILES string of the molecule is Cc1ccc(-c2cc(NC(=O)CN3CCC[C@H]3c3nc4ccccc4s3)on2)cc1. The van der Waals surface area contributed by atoms with Crippen LogP contribution in [0.1, 0.15) is 29.5 Å². The molecular weight excluding hydrogens is 396 g/mol. The highest BCUT2D eigenvalue weighted by Crippen LogP contribution is 2.36. The largest absolute Gasteiger partial charge is 0.338 e. The minimum atomic E-state index is -0.102. The van der Waals surface area contributed by atoms with Gasteiger partial charge in [-0.3, -0.25) is 15.0 Å². The van der Waals surface area contributed by atoms with Gasteiger partial charge in [-0.15, -0.1) is 11.3 Å². The van der Waals surface area contributed by atoms with E-state index in [-0.39, 0.29) is 11.9 Å². The Labute approximate surface area is 178 Å². The first-order valence-corrected chi connectivity index (χ1v) is 10.9. The van der Waals surface area contributed by atoms with Crippen molar-refractivity contribution >= 4 is 33.3 Å². The van der Waals surface area contributed by atoms with Crippen molar-refractivity contribution < 1.29 is 9.32 Å². The van der Waals surface area contributed by atoms with Crippen LogP contribution in [0.5, 0.6) is 0 Å². The molecule has 1 amide bonds. The van der Waals surface area contributed by atoms with Crippen molar-refractivity contribution in [1.82, 2.24) is 15.0 Å². The van der Waals surface area contributed by atoms with Crippen LogP contribution < -0.4 is 5.32 Å². The van der Waals surface area contributed by atoms with Gasteiger partial charge >= 0.3 is 0 Å². The summed E-state index contributed by atoms with van der Waals surface area (Å²) in [6.07, 6.45) is 2.08. The van der Waals surface area contributed by atoms with E-state index < -0.39 is 0 Å². The number of anilines is 1. The number of carbonyl (C=O) groups excluding carboxylic acids is 1. The second-order valence-electron chi connectivity index (χ2n) is 7.64. The van der Waals surface area contributed by atoms with Crippen molar-refractivity contribution in [2.75, 3.05) is 18.4 Å². The molecule has 1 N–H and O–H groups in total. The second kappa shape index (κ2) is 8.01. The summed E-state index contributed by atoms with van der Waals surface area (Å²) >= 11 is 1.72. The molecule has 30 heavy (non-hydrogen) atoms. The van der Waals surface area contributed by atoms with Gasteiger partial charge in [0.05, 0.1) is 22.8 Å². The molecule has 2 aromatic heterocycles. The van der Waals surface area contributed by atoms with Crippen molar-refractivity contribution in [2.45, 2.75) is 25.8 Å². The molecule has 1 fully saturated rings. The van der Waals surface area contributed by atoms with Gasteiger partial charge in [0.15, 0.2) is 0 Å². The van der Waals surface area contributed by atoms with Gasteiger partial charge in [0.2, 0.25) is 11.8 Å². The summed E-state index contributed by atoms with van der Waals surface area (Å²) < 4.78 is 6.51. The third-order valence-electron chi connectivity index (χ3n) is 5.43. The maximum absolute atomic E-state index is 12.7. The lowest BCUT2D eigenvalue weighted by Crippen LogP contribution is -2.32. The first-order chi connectivity index (χ1) is 14.7. The number of benzene rings is 2. The number of nitrogens with one attached hydrogen (secondary N) is 1. The van der Waals surface area contributed by atoms with Crippen molar-refractivity contribution in [3.63, 3.8) is 0 Å². The summed E-state index contributed by atoms with van der Waals surface area (Å²) in [5.74, 6) is 0.265. The average Bonchev–Trinajstić information content (AvgIpc) is 3.47. The molecule has 152 valence electrons. The highest BCUT2D eigenvalue weighted by atomic mass is 32.1. The number of amides is 1. The van der Waals surface area contributed by atoms with Gasteiger partial charge in [-0.2, -0.15) is 0 Å².